The third-order valence-electron chi connectivity index (χ3n) is 4.10. The first-order chi connectivity index (χ1) is 13.0. The lowest BCUT2D eigenvalue weighted by Crippen LogP contribution is -2.04. The van der Waals surface area contributed by atoms with Gasteiger partial charge < -0.3 is 4.74 Å². The van der Waals surface area contributed by atoms with E-state index in [0.717, 1.165) is 28.5 Å². The maximum absolute atomic E-state index is 12.7. The summed E-state index contributed by atoms with van der Waals surface area (Å²) >= 11 is 0. The Kier molecular flexibility index (Phi) is 4.24. The molecular formula is C21H13F3N2O. The van der Waals surface area contributed by atoms with Crippen LogP contribution in [0.3, 0.4) is 0 Å². The second-order valence-corrected chi connectivity index (χ2v) is 5.89. The van der Waals surface area contributed by atoms with Gasteiger partial charge in [0.1, 0.15) is 11.4 Å². The topological polar surface area (TPSA) is 35.0 Å². The smallest absolute Gasteiger partial charge is 0.416 e. The molecule has 0 aliphatic heterocycles. The van der Waals surface area contributed by atoms with E-state index in [1.54, 1.807) is 0 Å². The van der Waals surface area contributed by atoms with Crippen molar-refractivity contribution >= 4 is 10.8 Å². The van der Waals surface area contributed by atoms with Crippen molar-refractivity contribution in [1.82, 2.24) is 10.2 Å². The molecule has 0 aliphatic rings. The minimum absolute atomic E-state index is 0.241. The van der Waals surface area contributed by atoms with Crippen LogP contribution in [0.15, 0.2) is 78.9 Å². The minimum atomic E-state index is -4.39. The zero-order valence-corrected chi connectivity index (χ0v) is 13.9. The van der Waals surface area contributed by atoms with Crippen molar-refractivity contribution in [1.29, 1.82) is 0 Å². The fraction of sp³-hybridized carbons (Fsp3) is 0.0476. The fourth-order valence-electron chi connectivity index (χ4n) is 2.79. The molecule has 4 rings (SSSR count). The number of rotatable bonds is 3. The van der Waals surface area contributed by atoms with E-state index in [1.807, 2.05) is 54.6 Å². The monoisotopic (exact) mass is 366 g/mol. The van der Waals surface area contributed by atoms with Crippen molar-refractivity contribution in [3.8, 4) is 22.9 Å². The van der Waals surface area contributed by atoms with Crippen LogP contribution in [0.1, 0.15) is 5.56 Å². The molecule has 1 aromatic heterocycles. The van der Waals surface area contributed by atoms with Crippen molar-refractivity contribution in [2.75, 3.05) is 0 Å². The summed E-state index contributed by atoms with van der Waals surface area (Å²) in [6.45, 7) is 0. The van der Waals surface area contributed by atoms with Gasteiger partial charge in [-0.05, 0) is 30.3 Å². The summed E-state index contributed by atoms with van der Waals surface area (Å²) in [5.41, 5.74) is 0.901. The number of halogens is 3. The molecule has 0 spiro atoms. The van der Waals surface area contributed by atoms with E-state index in [4.69, 9.17) is 4.74 Å². The van der Waals surface area contributed by atoms with E-state index >= 15 is 0 Å². The van der Waals surface area contributed by atoms with Crippen molar-refractivity contribution < 1.29 is 17.9 Å². The van der Waals surface area contributed by atoms with Crippen LogP contribution in [0.5, 0.6) is 11.6 Å². The Labute approximate surface area is 153 Å². The largest absolute Gasteiger partial charge is 0.437 e. The van der Waals surface area contributed by atoms with E-state index in [2.05, 4.69) is 10.2 Å². The van der Waals surface area contributed by atoms with Gasteiger partial charge in [0.25, 0.3) is 0 Å². The quantitative estimate of drug-likeness (QED) is 0.439. The van der Waals surface area contributed by atoms with Gasteiger partial charge in [0, 0.05) is 16.3 Å². The molecule has 3 nitrogen and oxygen atoms in total. The Morgan fingerprint density at radius 1 is 0.667 bits per heavy atom. The van der Waals surface area contributed by atoms with Gasteiger partial charge in [-0.3, -0.25) is 0 Å². The van der Waals surface area contributed by atoms with E-state index in [9.17, 15) is 13.2 Å². The van der Waals surface area contributed by atoms with Gasteiger partial charge in [-0.2, -0.15) is 13.2 Å². The third-order valence-corrected chi connectivity index (χ3v) is 4.10. The summed E-state index contributed by atoms with van der Waals surface area (Å²) in [4.78, 5) is 0. The molecule has 0 bridgehead atoms. The number of hydrogen-bond donors (Lipinski definition) is 0. The van der Waals surface area contributed by atoms with Crippen molar-refractivity contribution in [2.24, 2.45) is 0 Å². The molecule has 3 aromatic carbocycles. The maximum atomic E-state index is 12.7. The summed E-state index contributed by atoms with van der Waals surface area (Å²) in [5, 5.41) is 10.0. The van der Waals surface area contributed by atoms with E-state index < -0.39 is 11.7 Å². The number of ether oxygens (including phenoxy) is 1. The van der Waals surface area contributed by atoms with Gasteiger partial charge in [0.2, 0.25) is 5.88 Å². The first-order valence-corrected chi connectivity index (χ1v) is 8.18. The highest BCUT2D eigenvalue weighted by Crippen LogP contribution is 2.34. The molecule has 0 radical (unpaired) electrons. The SMILES string of the molecule is FC(F)(F)c1ccc(Oc2nnc(-c3ccccc3)c3ccccc23)cc1. The Balaban J connectivity index is 1.73. The highest BCUT2D eigenvalue weighted by atomic mass is 19.4. The normalized spacial score (nSPS) is 11.5. The molecule has 0 unspecified atom stereocenters. The van der Waals surface area contributed by atoms with E-state index in [-0.39, 0.29) is 11.6 Å². The molecular weight excluding hydrogens is 353 g/mol. The Bertz CT molecular complexity index is 1080. The highest BCUT2D eigenvalue weighted by molar-refractivity contribution is 5.96. The molecule has 6 heteroatoms. The summed E-state index contributed by atoms with van der Waals surface area (Å²) in [7, 11) is 0. The predicted octanol–water partition coefficient (Wildman–Crippen LogP) is 6.11. The van der Waals surface area contributed by atoms with Gasteiger partial charge in [0.05, 0.1) is 5.56 Å². The average Bonchev–Trinajstić information content (AvgIpc) is 2.69. The number of hydrogen-bond acceptors (Lipinski definition) is 3. The number of nitrogens with zero attached hydrogens (tertiary/aromatic N) is 2. The second-order valence-electron chi connectivity index (χ2n) is 5.89. The molecule has 0 N–H and O–H groups in total. The van der Waals surface area contributed by atoms with Crippen LogP contribution in [0.4, 0.5) is 13.2 Å². The molecule has 4 aromatic rings. The van der Waals surface area contributed by atoms with Crippen molar-refractivity contribution in [2.45, 2.75) is 6.18 Å². The lowest BCUT2D eigenvalue weighted by Gasteiger charge is -2.11. The molecule has 1 heterocycles. The summed E-state index contributed by atoms with van der Waals surface area (Å²) in [5.74, 6) is 0.500. The molecule has 0 aliphatic carbocycles. The predicted molar refractivity (Wildman–Crippen MR) is 96.5 cm³/mol. The molecule has 0 saturated heterocycles. The summed E-state index contributed by atoms with van der Waals surface area (Å²) in [6, 6.07) is 21.6. The molecule has 27 heavy (non-hydrogen) atoms. The lowest BCUT2D eigenvalue weighted by molar-refractivity contribution is -0.137. The van der Waals surface area contributed by atoms with Gasteiger partial charge in [-0.1, -0.05) is 48.5 Å². The van der Waals surface area contributed by atoms with Gasteiger partial charge in [-0.25, -0.2) is 0 Å². The zero-order valence-electron chi connectivity index (χ0n) is 13.9. The van der Waals surface area contributed by atoms with Crippen LogP contribution in [-0.2, 0) is 6.18 Å². The molecule has 0 saturated carbocycles. The van der Waals surface area contributed by atoms with E-state index in [1.165, 1.54) is 12.1 Å². The van der Waals surface area contributed by atoms with Crippen LogP contribution in [0.25, 0.3) is 22.0 Å². The number of aromatic nitrogens is 2. The van der Waals surface area contributed by atoms with Crippen molar-refractivity contribution in [3.63, 3.8) is 0 Å². The van der Waals surface area contributed by atoms with Crippen LogP contribution in [0, 0.1) is 0 Å². The van der Waals surface area contributed by atoms with Crippen molar-refractivity contribution in [3.05, 3.63) is 84.4 Å². The molecule has 134 valence electrons. The van der Waals surface area contributed by atoms with Crippen LogP contribution in [-0.4, -0.2) is 10.2 Å². The standard InChI is InChI=1S/C21H13F3N2O/c22-21(23,24)15-10-12-16(13-11-15)27-20-18-9-5-4-8-17(18)19(25-26-20)14-6-2-1-3-7-14/h1-13H. The zero-order chi connectivity index (χ0) is 18.9. The third kappa shape index (κ3) is 3.46. The number of fused-ring (bicyclic) bond motifs is 1. The molecule has 0 amide bonds. The van der Waals surface area contributed by atoms with Crippen LogP contribution >= 0.6 is 0 Å². The second kappa shape index (κ2) is 6.72. The van der Waals surface area contributed by atoms with Gasteiger partial charge in [-0.15, -0.1) is 10.2 Å². The van der Waals surface area contributed by atoms with Gasteiger partial charge >= 0.3 is 6.18 Å². The van der Waals surface area contributed by atoms with Gasteiger partial charge in [0.15, 0.2) is 0 Å². The lowest BCUT2D eigenvalue weighted by atomic mass is 10.1. The molecule has 0 fully saturated rings. The van der Waals surface area contributed by atoms with E-state index in [0.29, 0.717) is 5.69 Å². The number of benzene rings is 3. The summed E-state index contributed by atoms with van der Waals surface area (Å²) < 4.78 is 43.8. The Morgan fingerprint density at radius 3 is 1.96 bits per heavy atom. The summed E-state index contributed by atoms with van der Waals surface area (Å²) in [6.07, 6.45) is -4.39. The first kappa shape index (κ1) is 17.0. The maximum Gasteiger partial charge on any atom is 0.416 e. The fourth-order valence-corrected chi connectivity index (χ4v) is 2.79. The Morgan fingerprint density at radius 2 is 1.30 bits per heavy atom. The highest BCUT2D eigenvalue weighted by Gasteiger charge is 2.30. The molecule has 0 atom stereocenters. The Hall–Kier alpha value is -3.41. The van der Waals surface area contributed by atoms with Crippen LogP contribution in [0.2, 0.25) is 0 Å². The first-order valence-electron chi connectivity index (χ1n) is 8.18. The average molecular weight is 366 g/mol. The minimum Gasteiger partial charge on any atom is -0.437 e. The van der Waals surface area contributed by atoms with Crippen LogP contribution < -0.4 is 4.74 Å². The number of alkyl halides is 3.